The van der Waals surface area contributed by atoms with Gasteiger partial charge in [-0.15, -0.1) is 0 Å². The van der Waals surface area contributed by atoms with Crippen LogP contribution in [-0.4, -0.2) is 22.7 Å². The summed E-state index contributed by atoms with van der Waals surface area (Å²) >= 11 is 0. The van der Waals surface area contributed by atoms with Crippen molar-refractivity contribution in [3.63, 3.8) is 0 Å². The highest BCUT2D eigenvalue weighted by Gasteiger charge is 2.28. The minimum Gasteiger partial charge on any atom is -0.283 e. The van der Waals surface area contributed by atoms with Gasteiger partial charge in [0.15, 0.2) is 4.90 Å². The molecule has 0 unspecified atom stereocenters. The van der Waals surface area contributed by atoms with Crippen molar-refractivity contribution in [1.82, 2.24) is 9.36 Å². The molecular weight excluding hydrogens is 372 g/mol. The van der Waals surface area contributed by atoms with Crippen LogP contribution in [0.1, 0.15) is 5.69 Å². The maximum Gasteiger partial charge on any atom is 0.296 e. The number of aromatic nitrogens is 2. The van der Waals surface area contributed by atoms with Gasteiger partial charge in [0.1, 0.15) is 5.69 Å². The molecule has 0 atom stereocenters. The Morgan fingerprint density at radius 3 is 2.26 bits per heavy atom. The van der Waals surface area contributed by atoms with Crippen molar-refractivity contribution in [3.05, 3.63) is 80.8 Å². The number of anilines is 1. The Labute approximate surface area is 154 Å². The normalized spacial score (nSPS) is 11.3. The third-order valence-electron chi connectivity index (χ3n) is 4.14. The molecule has 27 heavy (non-hydrogen) atoms. The second-order valence-corrected chi connectivity index (χ2v) is 7.42. The Bertz CT molecular complexity index is 1180. The number of hydrogen-bond acceptors (Lipinski definition) is 5. The predicted molar refractivity (Wildman–Crippen MR) is 99.7 cm³/mol. The second-order valence-electron chi connectivity index (χ2n) is 5.77. The molecule has 0 amide bonds. The first-order valence-corrected chi connectivity index (χ1v) is 9.32. The summed E-state index contributed by atoms with van der Waals surface area (Å²) in [4.78, 5) is 22.7. The molecular formula is C17H16N4O5S. The largest absolute Gasteiger partial charge is 0.296 e. The molecule has 1 aromatic heterocycles. The summed E-state index contributed by atoms with van der Waals surface area (Å²) in [5.74, 6) is 0. The number of sulfonamides is 1. The van der Waals surface area contributed by atoms with Crippen LogP contribution < -0.4 is 10.3 Å². The fourth-order valence-corrected chi connectivity index (χ4v) is 4.00. The monoisotopic (exact) mass is 388 g/mol. The van der Waals surface area contributed by atoms with E-state index in [1.54, 1.807) is 44.3 Å². The molecule has 3 aromatic rings. The third kappa shape index (κ3) is 3.22. The number of nitrogens with zero attached hydrogens (tertiary/aromatic N) is 3. The first-order valence-electron chi connectivity index (χ1n) is 7.84. The van der Waals surface area contributed by atoms with Gasteiger partial charge in [-0.3, -0.25) is 24.3 Å². The van der Waals surface area contributed by atoms with Crippen molar-refractivity contribution in [3.8, 4) is 5.69 Å². The molecule has 0 saturated carbocycles. The van der Waals surface area contributed by atoms with Gasteiger partial charge >= 0.3 is 0 Å². The highest BCUT2D eigenvalue weighted by Crippen LogP contribution is 2.25. The van der Waals surface area contributed by atoms with Gasteiger partial charge in [0.25, 0.3) is 21.3 Å². The van der Waals surface area contributed by atoms with E-state index in [9.17, 15) is 23.3 Å². The van der Waals surface area contributed by atoms with Gasteiger partial charge in [-0.1, -0.05) is 30.3 Å². The second kappa shape index (κ2) is 6.72. The van der Waals surface area contributed by atoms with E-state index in [1.165, 1.54) is 21.5 Å². The zero-order chi connectivity index (χ0) is 19.8. The Hall–Kier alpha value is -3.40. The van der Waals surface area contributed by atoms with Crippen molar-refractivity contribution < 1.29 is 13.3 Å². The van der Waals surface area contributed by atoms with Crippen molar-refractivity contribution >= 4 is 21.4 Å². The minimum absolute atomic E-state index is 0.167. The predicted octanol–water partition coefficient (Wildman–Crippen LogP) is 2.19. The first kappa shape index (κ1) is 18.4. The molecule has 140 valence electrons. The van der Waals surface area contributed by atoms with Crippen LogP contribution in [0.15, 0.2) is 64.3 Å². The van der Waals surface area contributed by atoms with Gasteiger partial charge < -0.3 is 0 Å². The molecule has 0 fully saturated rings. The van der Waals surface area contributed by atoms with Crippen LogP contribution >= 0.6 is 0 Å². The number of para-hydroxylation sites is 2. The van der Waals surface area contributed by atoms with E-state index in [2.05, 4.69) is 4.72 Å². The van der Waals surface area contributed by atoms with Crippen molar-refractivity contribution in [1.29, 1.82) is 0 Å². The Kier molecular flexibility index (Phi) is 4.58. The number of hydrogen-bond donors (Lipinski definition) is 1. The molecule has 0 aliphatic rings. The van der Waals surface area contributed by atoms with E-state index >= 15 is 0 Å². The van der Waals surface area contributed by atoms with Crippen molar-refractivity contribution in [2.45, 2.75) is 11.8 Å². The lowest BCUT2D eigenvalue weighted by Crippen LogP contribution is -2.23. The standard InChI is InChI=1S/C17H16N4O5S/c1-12-16(17(22)20(19(12)2)13-8-4-3-5-9-13)18-27(25,26)15-11-7-6-10-14(15)21(23)24/h3-11,18H,1-2H3. The van der Waals surface area contributed by atoms with Gasteiger partial charge in [0.05, 0.1) is 16.3 Å². The molecule has 0 saturated heterocycles. The molecule has 0 bridgehead atoms. The van der Waals surface area contributed by atoms with Crippen LogP contribution in [-0.2, 0) is 17.1 Å². The van der Waals surface area contributed by atoms with Gasteiger partial charge in [0, 0.05) is 13.1 Å². The van der Waals surface area contributed by atoms with Crippen LogP contribution in [0.25, 0.3) is 5.69 Å². The average molecular weight is 388 g/mol. The Morgan fingerprint density at radius 2 is 1.63 bits per heavy atom. The van der Waals surface area contributed by atoms with Crippen LogP contribution in [0, 0.1) is 17.0 Å². The van der Waals surface area contributed by atoms with Crippen LogP contribution in [0.3, 0.4) is 0 Å². The summed E-state index contributed by atoms with van der Waals surface area (Å²) in [7, 11) is -2.72. The third-order valence-corrected chi connectivity index (χ3v) is 5.54. The zero-order valence-corrected chi connectivity index (χ0v) is 15.3. The van der Waals surface area contributed by atoms with E-state index in [4.69, 9.17) is 0 Å². The quantitative estimate of drug-likeness (QED) is 0.531. The molecule has 1 heterocycles. The topological polar surface area (TPSA) is 116 Å². The van der Waals surface area contributed by atoms with Gasteiger partial charge in [-0.2, -0.15) is 0 Å². The molecule has 0 aliphatic heterocycles. The van der Waals surface area contributed by atoms with Gasteiger partial charge in [-0.25, -0.2) is 13.1 Å². The summed E-state index contributed by atoms with van der Waals surface area (Å²) in [6, 6.07) is 13.7. The number of nitrogens with one attached hydrogen (secondary N) is 1. The minimum atomic E-state index is -4.34. The molecule has 2 aromatic carbocycles. The Morgan fingerprint density at radius 1 is 1.04 bits per heavy atom. The van der Waals surface area contributed by atoms with Crippen LogP contribution in [0.5, 0.6) is 0 Å². The van der Waals surface area contributed by atoms with Crippen LogP contribution in [0.4, 0.5) is 11.4 Å². The summed E-state index contributed by atoms with van der Waals surface area (Å²) in [5.41, 5.74) is -0.389. The Balaban J connectivity index is 2.12. The smallest absolute Gasteiger partial charge is 0.283 e. The highest BCUT2D eigenvalue weighted by molar-refractivity contribution is 7.92. The lowest BCUT2D eigenvalue weighted by Gasteiger charge is -2.07. The molecule has 0 aliphatic carbocycles. The van der Waals surface area contributed by atoms with E-state index in [0.29, 0.717) is 11.4 Å². The maximum absolute atomic E-state index is 12.8. The fraction of sp³-hybridized carbons (Fsp3) is 0.118. The molecule has 0 radical (unpaired) electrons. The molecule has 9 nitrogen and oxygen atoms in total. The van der Waals surface area contributed by atoms with Crippen molar-refractivity contribution in [2.75, 3.05) is 4.72 Å². The maximum atomic E-state index is 12.8. The molecule has 10 heteroatoms. The van der Waals surface area contributed by atoms with Gasteiger partial charge in [-0.05, 0) is 25.1 Å². The number of rotatable bonds is 5. The lowest BCUT2D eigenvalue weighted by molar-refractivity contribution is -0.387. The lowest BCUT2D eigenvalue weighted by atomic mass is 10.3. The van der Waals surface area contributed by atoms with Crippen LogP contribution in [0.2, 0.25) is 0 Å². The summed E-state index contributed by atoms with van der Waals surface area (Å²) < 4.78 is 30.5. The average Bonchev–Trinajstić information content (AvgIpc) is 2.85. The van der Waals surface area contributed by atoms with E-state index in [-0.39, 0.29) is 5.69 Å². The first-order chi connectivity index (χ1) is 12.7. The fourth-order valence-electron chi connectivity index (χ4n) is 2.71. The van der Waals surface area contributed by atoms with Crippen molar-refractivity contribution in [2.24, 2.45) is 7.05 Å². The number of nitro benzene ring substituents is 1. The zero-order valence-electron chi connectivity index (χ0n) is 14.5. The molecule has 3 rings (SSSR count). The summed E-state index contributed by atoms with van der Waals surface area (Å²) in [5, 5.41) is 11.1. The highest BCUT2D eigenvalue weighted by atomic mass is 32.2. The number of nitro groups is 1. The van der Waals surface area contributed by atoms with E-state index in [0.717, 1.165) is 12.1 Å². The molecule has 1 N–H and O–H groups in total. The van der Waals surface area contributed by atoms with E-state index < -0.39 is 31.1 Å². The van der Waals surface area contributed by atoms with E-state index in [1.807, 2.05) is 0 Å². The summed E-state index contributed by atoms with van der Waals surface area (Å²) in [6.07, 6.45) is 0. The molecule has 0 spiro atoms. The summed E-state index contributed by atoms with van der Waals surface area (Å²) in [6.45, 7) is 1.58. The van der Waals surface area contributed by atoms with Gasteiger partial charge in [0.2, 0.25) is 0 Å². The number of benzene rings is 2. The SMILES string of the molecule is Cc1c(NS(=O)(=O)c2ccccc2[N+](=O)[O-])c(=O)n(-c2ccccc2)n1C.